The summed E-state index contributed by atoms with van der Waals surface area (Å²) in [4.78, 5) is 38.1. The first-order chi connectivity index (χ1) is 17.9. The van der Waals surface area contributed by atoms with Crippen LogP contribution in [0.4, 0.5) is 0 Å². The van der Waals surface area contributed by atoms with E-state index in [9.17, 15) is 19.5 Å². The van der Waals surface area contributed by atoms with Crippen LogP contribution < -0.4 is 4.74 Å². The van der Waals surface area contributed by atoms with Crippen LogP contribution in [0.15, 0.2) is 73.0 Å². The monoisotopic (exact) mass is 506 g/mol. The lowest BCUT2D eigenvalue weighted by Crippen LogP contribution is -2.24. The minimum Gasteiger partial charge on any atom is -0.465 e. The van der Waals surface area contributed by atoms with Gasteiger partial charge in [-0.25, -0.2) is 9.59 Å². The second-order valence-corrected chi connectivity index (χ2v) is 7.87. The van der Waals surface area contributed by atoms with Crippen molar-refractivity contribution < 1.29 is 38.4 Å². The summed E-state index contributed by atoms with van der Waals surface area (Å²) in [5.74, 6) is -2.99. The number of ether oxygens (including phenoxy) is 4. The normalized spacial score (nSPS) is 12.6. The molecule has 0 aromatic heterocycles. The van der Waals surface area contributed by atoms with E-state index < -0.39 is 29.9 Å². The molecule has 8 nitrogen and oxygen atoms in total. The Bertz CT molecular complexity index is 1270. The number of aliphatic hydroxyl groups excluding tert-OH is 1. The molecule has 0 saturated carbocycles. The van der Waals surface area contributed by atoms with Gasteiger partial charge in [0.15, 0.2) is 0 Å². The molecule has 3 aromatic rings. The Morgan fingerprint density at radius 2 is 1.46 bits per heavy atom. The number of hydrogen-bond acceptors (Lipinski definition) is 8. The third-order valence-corrected chi connectivity index (χ3v) is 5.53. The lowest BCUT2D eigenvalue weighted by atomic mass is 9.85. The van der Waals surface area contributed by atoms with Gasteiger partial charge in [0.2, 0.25) is 0 Å². The van der Waals surface area contributed by atoms with Gasteiger partial charge in [0.05, 0.1) is 43.8 Å². The zero-order chi connectivity index (χ0) is 26.8. The van der Waals surface area contributed by atoms with Crippen molar-refractivity contribution in [3.8, 4) is 5.75 Å². The van der Waals surface area contributed by atoms with E-state index in [-0.39, 0.29) is 36.7 Å². The van der Waals surface area contributed by atoms with Crippen molar-refractivity contribution in [1.82, 2.24) is 0 Å². The third-order valence-electron chi connectivity index (χ3n) is 5.53. The van der Waals surface area contributed by atoms with E-state index in [1.165, 1.54) is 6.07 Å². The first-order valence-electron chi connectivity index (χ1n) is 12.0. The van der Waals surface area contributed by atoms with Crippen molar-refractivity contribution in [3.63, 3.8) is 0 Å². The van der Waals surface area contributed by atoms with Gasteiger partial charge in [-0.15, -0.1) is 0 Å². The standard InChI is InChI=1S/C29H30O8/c1-4-34-24(30)16-17-37-27-21-15-11-10-14-20(21)22(28(32)35-5-2)18-23(27)25(29(33)36-6-3)26(31)19-12-8-7-9-13-19/h7-18,25-26,31H,4-6H2,1-3H3/b17-16+/t25-,26+/m1/s1. The predicted molar refractivity (Wildman–Crippen MR) is 137 cm³/mol. The Morgan fingerprint density at radius 1 is 0.838 bits per heavy atom. The Balaban J connectivity index is 2.28. The molecule has 2 atom stereocenters. The van der Waals surface area contributed by atoms with E-state index in [1.54, 1.807) is 75.4 Å². The average molecular weight is 507 g/mol. The van der Waals surface area contributed by atoms with Gasteiger partial charge in [0.25, 0.3) is 0 Å². The highest BCUT2D eigenvalue weighted by Crippen LogP contribution is 2.42. The zero-order valence-corrected chi connectivity index (χ0v) is 21.0. The molecule has 0 spiro atoms. The SMILES string of the molecule is CCOC(=O)/C=C/Oc1c([C@@H](C(=O)OCC)[C@@H](O)c2ccccc2)cc(C(=O)OCC)c2ccccc12. The van der Waals surface area contributed by atoms with Gasteiger partial charge in [-0.05, 0) is 37.8 Å². The number of rotatable bonds is 11. The molecule has 0 aliphatic heterocycles. The van der Waals surface area contributed by atoms with E-state index in [2.05, 4.69) is 0 Å². The zero-order valence-electron chi connectivity index (χ0n) is 21.0. The van der Waals surface area contributed by atoms with Crippen molar-refractivity contribution in [1.29, 1.82) is 0 Å². The van der Waals surface area contributed by atoms with Crippen molar-refractivity contribution in [3.05, 3.63) is 89.7 Å². The van der Waals surface area contributed by atoms with Crippen molar-refractivity contribution in [2.45, 2.75) is 32.8 Å². The van der Waals surface area contributed by atoms with Crippen LogP contribution in [-0.2, 0) is 23.8 Å². The molecule has 1 N–H and O–H groups in total. The molecule has 0 bridgehead atoms. The Hall–Kier alpha value is -4.17. The van der Waals surface area contributed by atoms with E-state index in [1.807, 2.05) is 0 Å². The van der Waals surface area contributed by atoms with Crippen LogP contribution in [0, 0.1) is 0 Å². The van der Waals surface area contributed by atoms with Gasteiger partial charge in [-0.2, -0.15) is 0 Å². The molecular weight excluding hydrogens is 476 g/mol. The van der Waals surface area contributed by atoms with Crippen LogP contribution in [-0.4, -0.2) is 42.8 Å². The van der Waals surface area contributed by atoms with Crippen LogP contribution >= 0.6 is 0 Å². The number of esters is 3. The van der Waals surface area contributed by atoms with Crippen molar-refractivity contribution in [2.24, 2.45) is 0 Å². The number of carbonyl (C=O) groups excluding carboxylic acids is 3. The molecule has 8 heteroatoms. The molecular formula is C29H30O8. The molecule has 0 radical (unpaired) electrons. The molecule has 194 valence electrons. The average Bonchev–Trinajstić information content (AvgIpc) is 2.90. The number of carbonyl (C=O) groups is 3. The molecule has 3 rings (SSSR count). The second-order valence-electron chi connectivity index (χ2n) is 7.87. The first-order valence-corrected chi connectivity index (χ1v) is 12.0. The van der Waals surface area contributed by atoms with E-state index in [0.717, 1.165) is 12.3 Å². The summed E-state index contributed by atoms with van der Waals surface area (Å²) in [5, 5.41) is 12.4. The highest BCUT2D eigenvalue weighted by molar-refractivity contribution is 6.07. The van der Waals surface area contributed by atoms with Gasteiger partial charge >= 0.3 is 17.9 Å². The molecule has 0 saturated heterocycles. The number of hydrogen-bond donors (Lipinski definition) is 1. The number of benzene rings is 3. The van der Waals surface area contributed by atoms with Crippen LogP contribution in [0.1, 0.15) is 54.3 Å². The summed E-state index contributed by atoms with van der Waals surface area (Å²) < 4.78 is 21.4. The van der Waals surface area contributed by atoms with Crippen LogP contribution in [0.5, 0.6) is 5.75 Å². The fourth-order valence-corrected chi connectivity index (χ4v) is 3.96. The van der Waals surface area contributed by atoms with Crippen molar-refractivity contribution >= 4 is 28.7 Å². The van der Waals surface area contributed by atoms with Crippen LogP contribution in [0.25, 0.3) is 10.8 Å². The van der Waals surface area contributed by atoms with Crippen molar-refractivity contribution in [2.75, 3.05) is 19.8 Å². The Morgan fingerprint density at radius 3 is 2.11 bits per heavy atom. The highest BCUT2D eigenvalue weighted by Gasteiger charge is 2.35. The summed E-state index contributed by atoms with van der Waals surface area (Å²) in [6, 6.07) is 17.1. The molecule has 0 aliphatic carbocycles. The maximum atomic E-state index is 13.3. The maximum Gasteiger partial charge on any atom is 0.338 e. The number of fused-ring (bicyclic) bond motifs is 1. The Labute approximate surface area is 215 Å². The first kappa shape index (κ1) is 27.4. The van der Waals surface area contributed by atoms with Gasteiger partial charge in [-0.1, -0.05) is 54.6 Å². The summed E-state index contributed by atoms with van der Waals surface area (Å²) in [6.07, 6.45) is 0.923. The van der Waals surface area contributed by atoms with E-state index in [0.29, 0.717) is 16.3 Å². The largest absolute Gasteiger partial charge is 0.465 e. The summed E-state index contributed by atoms with van der Waals surface area (Å²) >= 11 is 0. The predicted octanol–water partition coefficient (Wildman–Crippen LogP) is 4.85. The summed E-state index contributed by atoms with van der Waals surface area (Å²) in [5.41, 5.74) is 0.869. The number of aliphatic hydroxyl groups is 1. The fourth-order valence-electron chi connectivity index (χ4n) is 3.96. The molecule has 0 fully saturated rings. The Kier molecular flexibility index (Phi) is 9.80. The third kappa shape index (κ3) is 6.54. The van der Waals surface area contributed by atoms with E-state index in [4.69, 9.17) is 18.9 Å². The lowest BCUT2D eigenvalue weighted by molar-refractivity contribution is -0.148. The molecule has 0 amide bonds. The molecule has 3 aromatic carbocycles. The quantitative estimate of drug-likeness (QED) is 0.170. The lowest BCUT2D eigenvalue weighted by Gasteiger charge is -2.25. The van der Waals surface area contributed by atoms with Gasteiger partial charge < -0.3 is 24.1 Å². The summed E-state index contributed by atoms with van der Waals surface area (Å²) in [6.45, 7) is 5.46. The van der Waals surface area contributed by atoms with Gasteiger partial charge in [-0.3, -0.25) is 4.79 Å². The van der Waals surface area contributed by atoms with Crippen LogP contribution in [0.3, 0.4) is 0 Å². The molecule has 37 heavy (non-hydrogen) atoms. The smallest absolute Gasteiger partial charge is 0.338 e. The fraction of sp³-hybridized carbons (Fsp3) is 0.276. The summed E-state index contributed by atoms with van der Waals surface area (Å²) in [7, 11) is 0. The molecule has 0 unspecified atom stereocenters. The van der Waals surface area contributed by atoms with Gasteiger partial charge in [0.1, 0.15) is 11.7 Å². The maximum absolute atomic E-state index is 13.3. The minimum absolute atomic E-state index is 0.0775. The van der Waals surface area contributed by atoms with E-state index >= 15 is 0 Å². The second kappa shape index (κ2) is 13.2. The highest BCUT2D eigenvalue weighted by atomic mass is 16.5. The van der Waals surface area contributed by atoms with Gasteiger partial charge in [0, 0.05) is 10.9 Å². The molecule has 0 aliphatic rings. The molecule has 0 heterocycles. The topological polar surface area (TPSA) is 108 Å². The minimum atomic E-state index is -1.33. The van der Waals surface area contributed by atoms with Crippen LogP contribution in [0.2, 0.25) is 0 Å².